The van der Waals surface area contributed by atoms with E-state index in [1.807, 2.05) is 0 Å². The van der Waals surface area contributed by atoms with Gasteiger partial charge in [0, 0.05) is 64.9 Å². The Balaban J connectivity index is 1.20. The van der Waals surface area contributed by atoms with Crippen molar-refractivity contribution in [2.24, 2.45) is 0 Å². The van der Waals surface area contributed by atoms with E-state index >= 15 is 0 Å². The normalized spacial score (nSPS) is 26.1. The maximum Gasteiger partial charge on any atom is 0.0594 e. The molecule has 138 valence electrons. The Morgan fingerprint density at radius 3 is 2.08 bits per heavy atom. The predicted molar refractivity (Wildman–Crippen MR) is 100 cm³/mol. The molecule has 25 heavy (non-hydrogen) atoms. The van der Waals surface area contributed by atoms with Gasteiger partial charge in [0.1, 0.15) is 0 Å². The summed E-state index contributed by atoms with van der Waals surface area (Å²) in [5.74, 6) is 0. The van der Waals surface area contributed by atoms with Gasteiger partial charge in [0.2, 0.25) is 0 Å². The summed E-state index contributed by atoms with van der Waals surface area (Å²) in [5.41, 5.74) is 1.43. The summed E-state index contributed by atoms with van der Waals surface area (Å²) in [6.45, 7) is 12.3. The van der Waals surface area contributed by atoms with Crippen LogP contribution in [0.25, 0.3) is 0 Å². The van der Waals surface area contributed by atoms with Gasteiger partial charge in [-0.15, -0.1) is 0 Å². The molecule has 0 amide bonds. The lowest BCUT2D eigenvalue weighted by Crippen LogP contribution is -2.57. The summed E-state index contributed by atoms with van der Waals surface area (Å²) in [7, 11) is 0. The van der Waals surface area contributed by atoms with Gasteiger partial charge in [-0.25, -0.2) is 10.0 Å². The van der Waals surface area contributed by atoms with E-state index in [1.165, 1.54) is 57.7 Å². The third-order valence-electron chi connectivity index (χ3n) is 6.00. The van der Waals surface area contributed by atoms with Crippen molar-refractivity contribution in [2.45, 2.75) is 25.4 Å². The Hall–Kier alpha value is -0.980. The van der Waals surface area contributed by atoms with Gasteiger partial charge in [-0.2, -0.15) is 0 Å². The van der Waals surface area contributed by atoms with E-state index in [9.17, 15) is 0 Å². The number of piperidine rings is 1. The van der Waals surface area contributed by atoms with Gasteiger partial charge in [0.15, 0.2) is 0 Å². The molecule has 5 heteroatoms. The van der Waals surface area contributed by atoms with Crippen LogP contribution in [0.1, 0.15) is 18.4 Å². The maximum atomic E-state index is 5.49. The molecular formula is C20H32N4O. The number of morpholine rings is 1. The van der Waals surface area contributed by atoms with Crippen LogP contribution in [0.15, 0.2) is 30.3 Å². The number of hydrazine groups is 1. The van der Waals surface area contributed by atoms with E-state index in [2.05, 4.69) is 50.1 Å². The van der Waals surface area contributed by atoms with Crippen LogP contribution < -0.4 is 0 Å². The lowest BCUT2D eigenvalue weighted by atomic mass is 10.0. The minimum atomic E-state index is 0.777. The molecule has 3 heterocycles. The molecule has 5 nitrogen and oxygen atoms in total. The lowest BCUT2D eigenvalue weighted by molar-refractivity contribution is -0.0872. The van der Waals surface area contributed by atoms with Crippen LogP contribution in [-0.4, -0.2) is 91.4 Å². The number of hydrogen-bond acceptors (Lipinski definition) is 5. The molecule has 0 radical (unpaired) electrons. The third-order valence-corrected chi connectivity index (χ3v) is 6.00. The molecule has 0 unspecified atom stereocenters. The van der Waals surface area contributed by atoms with Gasteiger partial charge in [-0.1, -0.05) is 30.3 Å². The summed E-state index contributed by atoms with van der Waals surface area (Å²) >= 11 is 0. The van der Waals surface area contributed by atoms with Crippen molar-refractivity contribution in [3.63, 3.8) is 0 Å². The van der Waals surface area contributed by atoms with E-state index < -0.39 is 0 Å². The molecule has 1 aromatic rings. The molecule has 3 aliphatic heterocycles. The van der Waals surface area contributed by atoms with Crippen LogP contribution >= 0.6 is 0 Å². The summed E-state index contributed by atoms with van der Waals surface area (Å²) < 4.78 is 5.49. The van der Waals surface area contributed by atoms with Crippen LogP contribution in [0.3, 0.4) is 0 Å². The number of benzene rings is 1. The quantitative estimate of drug-likeness (QED) is 0.824. The van der Waals surface area contributed by atoms with Crippen molar-refractivity contribution in [1.29, 1.82) is 0 Å². The molecule has 0 saturated carbocycles. The molecule has 3 aliphatic rings. The molecule has 1 aromatic carbocycles. The second kappa shape index (κ2) is 8.60. The Labute approximate surface area is 152 Å². The smallest absolute Gasteiger partial charge is 0.0594 e. The number of hydrogen-bond donors (Lipinski definition) is 0. The van der Waals surface area contributed by atoms with Crippen LogP contribution in [-0.2, 0) is 11.3 Å². The summed E-state index contributed by atoms with van der Waals surface area (Å²) in [6, 6.07) is 11.6. The van der Waals surface area contributed by atoms with Crippen LogP contribution in [0, 0.1) is 0 Å². The van der Waals surface area contributed by atoms with E-state index in [-0.39, 0.29) is 0 Å². The average molecular weight is 345 g/mol. The van der Waals surface area contributed by atoms with Crippen molar-refractivity contribution < 1.29 is 4.74 Å². The van der Waals surface area contributed by atoms with E-state index in [4.69, 9.17) is 4.74 Å². The molecule has 0 aliphatic carbocycles. The minimum absolute atomic E-state index is 0.777. The van der Waals surface area contributed by atoms with Crippen LogP contribution in [0.4, 0.5) is 0 Å². The van der Waals surface area contributed by atoms with E-state index in [1.54, 1.807) is 0 Å². The highest BCUT2D eigenvalue weighted by molar-refractivity contribution is 5.14. The summed E-state index contributed by atoms with van der Waals surface area (Å²) in [4.78, 5) is 5.24. The highest BCUT2D eigenvalue weighted by Crippen LogP contribution is 2.20. The molecule has 0 bridgehead atoms. The van der Waals surface area contributed by atoms with Gasteiger partial charge < -0.3 is 4.74 Å². The van der Waals surface area contributed by atoms with Crippen molar-refractivity contribution in [3.05, 3.63) is 35.9 Å². The van der Waals surface area contributed by atoms with Crippen molar-refractivity contribution >= 4 is 0 Å². The van der Waals surface area contributed by atoms with Crippen molar-refractivity contribution in [1.82, 2.24) is 19.8 Å². The summed E-state index contributed by atoms with van der Waals surface area (Å²) in [5, 5.41) is 5.23. The Kier molecular flexibility index (Phi) is 6.00. The predicted octanol–water partition coefficient (Wildman–Crippen LogP) is 1.52. The number of rotatable bonds is 4. The standard InChI is InChI=1S/C20H32N4O/c1-2-4-19(5-3-1)18-21-10-12-24(13-11-21)23-8-6-20(7-9-23)22-14-16-25-17-15-22/h1-5,20H,6-18H2. The van der Waals surface area contributed by atoms with Crippen molar-refractivity contribution in [3.8, 4) is 0 Å². The van der Waals surface area contributed by atoms with Gasteiger partial charge in [0.05, 0.1) is 13.2 Å². The molecule has 0 N–H and O–H groups in total. The highest BCUT2D eigenvalue weighted by Gasteiger charge is 2.29. The second-order valence-corrected chi connectivity index (χ2v) is 7.55. The van der Waals surface area contributed by atoms with Gasteiger partial charge >= 0.3 is 0 Å². The van der Waals surface area contributed by atoms with E-state index in [0.29, 0.717) is 0 Å². The number of piperazine rings is 1. The molecular weight excluding hydrogens is 312 g/mol. The Morgan fingerprint density at radius 2 is 1.40 bits per heavy atom. The third kappa shape index (κ3) is 4.60. The minimum Gasteiger partial charge on any atom is -0.379 e. The monoisotopic (exact) mass is 344 g/mol. The molecule has 3 saturated heterocycles. The summed E-state index contributed by atoms with van der Waals surface area (Å²) in [6.07, 6.45) is 2.62. The number of nitrogens with zero attached hydrogens (tertiary/aromatic N) is 4. The molecule has 4 rings (SSSR count). The van der Waals surface area contributed by atoms with Crippen LogP contribution in [0.5, 0.6) is 0 Å². The van der Waals surface area contributed by atoms with E-state index in [0.717, 1.165) is 38.9 Å². The first-order valence-corrected chi connectivity index (χ1v) is 9.96. The molecule has 3 fully saturated rings. The Bertz CT molecular complexity index is 504. The van der Waals surface area contributed by atoms with Gasteiger partial charge in [0.25, 0.3) is 0 Å². The zero-order valence-corrected chi connectivity index (χ0v) is 15.4. The average Bonchev–Trinajstić information content (AvgIpc) is 2.70. The highest BCUT2D eigenvalue weighted by atomic mass is 16.5. The second-order valence-electron chi connectivity index (χ2n) is 7.55. The topological polar surface area (TPSA) is 22.2 Å². The fourth-order valence-corrected chi connectivity index (χ4v) is 4.46. The first kappa shape index (κ1) is 17.4. The van der Waals surface area contributed by atoms with Crippen LogP contribution in [0.2, 0.25) is 0 Å². The SMILES string of the molecule is c1ccc(CN2CCN(N3CCC(N4CCOCC4)CC3)CC2)cc1. The molecule has 0 aromatic heterocycles. The lowest BCUT2D eigenvalue weighted by Gasteiger charge is -2.46. The van der Waals surface area contributed by atoms with Gasteiger partial charge in [-0.3, -0.25) is 9.80 Å². The maximum absolute atomic E-state index is 5.49. The van der Waals surface area contributed by atoms with Crippen molar-refractivity contribution in [2.75, 3.05) is 65.6 Å². The van der Waals surface area contributed by atoms with Gasteiger partial charge in [-0.05, 0) is 18.4 Å². The zero-order valence-electron chi connectivity index (χ0n) is 15.4. The first-order chi connectivity index (χ1) is 12.4. The first-order valence-electron chi connectivity index (χ1n) is 9.96. The fraction of sp³-hybridized carbons (Fsp3) is 0.700. The largest absolute Gasteiger partial charge is 0.379 e. The fourth-order valence-electron chi connectivity index (χ4n) is 4.46. The Morgan fingerprint density at radius 1 is 0.760 bits per heavy atom. The zero-order chi connectivity index (χ0) is 16.9. The molecule has 0 atom stereocenters. The molecule has 0 spiro atoms. The number of ether oxygens (including phenoxy) is 1.